The van der Waals surface area contributed by atoms with Gasteiger partial charge >= 0.3 is 0 Å². The highest BCUT2D eigenvalue weighted by Crippen LogP contribution is 2.29. The number of hydrogen-bond donors (Lipinski definition) is 2. The third kappa shape index (κ3) is 3.54. The molecule has 4 nitrogen and oxygen atoms in total. The highest BCUT2D eigenvalue weighted by Gasteiger charge is 2.32. The summed E-state index contributed by atoms with van der Waals surface area (Å²) >= 11 is 3.39. The Morgan fingerprint density at radius 2 is 1.94 bits per heavy atom. The molecule has 0 aliphatic carbocycles. The predicted molar refractivity (Wildman–Crippen MR) is 76.3 cm³/mol. The number of halogens is 1. The van der Waals surface area contributed by atoms with E-state index in [1.165, 1.54) is 6.92 Å². The zero-order chi connectivity index (χ0) is 13.9. The molecule has 102 valence electrons. The largest absolute Gasteiger partial charge is 0.391 e. The van der Waals surface area contributed by atoms with Gasteiger partial charge in [0.1, 0.15) is 0 Å². The summed E-state index contributed by atoms with van der Waals surface area (Å²) in [6.07, 6.45) is 0.0952. The first kappa shape index (κ1) is 15.6. The van der Waals surface area contributed by atoms with E-state index in [-0.39, 0.29) is 6.54 Å². The Hall–Kier alpha value is -0.430. The van der Waals surface area contributed by atoms with Crippen LogP contribution in [0.2, 0.25) is 0 Å². The van der Waals surface area contributed by atoms with Crippen LogP contribution in [0.1, 0.15) is 18.4 Å². The van der Waals surface area contributed by atoms with Crippen LogP contribution < -0.4 is 5.73 Å². The molecule has 0 fully saturated rings. The molecule has 0 saturated carbocycles. The van der Waals surface area contributed by atoms with Crippen LogP contribution in [0.25, 0.3) is 0 Å². The number of aliphatic hydroxyl groups excluding tert-OH is 1. The standard InChI is InChI=1S/C12H18BrNO3S/c1-8(18(2,16)17)12(15)10(7-14)9-5-3-4-6-11(9)13/h3-6,8,10,12,15H,7,14H2,1-2H3. The Labute approximate surface area is 116 Å². The lowest BCUT2D eigenvalue weighted by molar-refractivity contribution is 0.143. The van der Waals surface area contributed by atoms with Crippen molar-refractivity contribution in [1.29, 1.82) is 0 Å². The summed E-state index contributed by atoms with van der Waals surface area (Å²) in [4.78, 5) is 0. The minimum atomic E-state index is -3.30. The van der Waals surface area contributed by atoms with Crippen LogP contribution in [-0.2, 0) is 9.84 Å². The van der Waals surface area contributed by atoms with Crippen molar-refractivity contribution in [2.24, 2.45) is 5.73 Å². The van der Waals surface area contributed by atoms with Crippen LogP contribution in [0.5, 0.6) is 0 Å². The fraction of sp³-hybridized carbons (Fsp3) is 0.500. The van der Waals surface area contributed by atoms with Gasteiger partial charge in [-0.25, -0.2) is 8.42 Å². The van der Waals surface area contributed by atoms with E-state index in [2.05, 4.69) is 15.9 Å². The Morgan fingerprint density at radius 3 is 2.39 bits per heavy atom. The summed E-state index contributed by atoms with van der Waals surface area (Å²) in [5.41, 5.74) is 6.50. The molecule has 18 heavy (non-hydrogen) atoms. The molecule has 0 radical (unpaired) electrons. The second kappa shape index (κ2) is 6.14. The van der Waals surface area contributed by atoms with E-state index >= 15 is 0 Å². The van der Waals surface area contributed by atoms with Crippen LogP contribution in [0, 0.1) is 0 Å². The third-order valence-corrected chi connectivity index (χ3v) is 5.48. The number of sulfone groups is 1. The molecule has 1 aromatic rings. The van der Waals surface area contributed by atoms with Crippen molar-refractivity contribution in [2.45, 2.75) is 24.2 Å². The van der Waals surface area contributed by atoms with E-state index in [9.17, 15) is 13.5 Å². The second-order valence-corrected chi connectivity index (χ2v) is 7.65. The van der Waals surface area contributed by atoms with Crippen molar-refractivity contribution in [3.05, 3.63) is 34.3 Å². The highest BCUT2D eigenvalue weighted by atomic mass is 79.9. The highest BCUT2D eigenvalue weighted by molar-refractivity contribution is 9.10. The molecule has 0 bridgehead atoms. The first-order valence-corrected chi connectivity index (χ1v) is 8.35. The fourth-order valence-electron chi connectivity index (χ4n) is 1.81. The lowest BCUT2D eigenvalue weighted by Crippen LogP contribution is -2.38. The topological polar surface area (TPSA) is 80.4 Å². The summed E-state index contributed by atoms with van der Waals surface area (Å²) in [6.45, 7) is 1.68. The molecule has 0 saturated heterocycles. The molecule has 3 atom stereocenters. The molecule has 0 aliphatic rings. The predicted octanol–water partition coefficient (Wildman–Crippen LogP) is 1.29. The summed E-state index contributed by atoms with van der Waals surface area (Å²) in [5.74, 6) is -0.412. The maximum atomic E-state index is 11.5. The molecule has 0 aromatic heterocycles. The molecular formula is C12H18BrNO3S. The van der Waals surface area contributed by atoms with Crippen LogP contribution in [0.3, 0.4) is 0 Å². The van der Waals surface area contributed by atoms with Gasteiger partial charge in [-0.2, -0.15) is 0 Å². The molecule has 0 heterocycles. The van der Waals surface area contributed by atoms with Crippen molar-refractivity contribution < 1.29 is 13.5 Å². The zero-order valence-electron chi connectivity index (χ0n) is 10.4. The van der Waals surface area contributed by atoms with E-state index in [4.69, 9.17) is 5.73 Å². The van der Waals surface area contributed by atoms with Gasteiger partial charge in [0.15, 0.2) is 9.84 Å². The third-order valence-electron chi connectivity index (χ3n) is 3.13. The van der Waals surface area contributed by atoms with E-state index in [1.807, 2.05) is 24.3 Å². The number of benzene rings is 1. The normalized spacial score (nSPS) is 17.2. The van der Waals surface area contributed by atoms with Gasteiger partial charge < -0.3 is 10.8 Å². The van der Waals surface area contributed by atoms with Crippen LogP contribution in [0.15, 0.2) is 28.7 Å². The van der Waals surface area contributed by atoms with Crippen LogP contribution >= 0.6 is 15.9 Å². The van der Waals surface area contributed by atoms with Gasteiger partial charge in [-0.1, -0.05) is 34.1 Å². The van der Waals surface area contributed by atoms with Gasteiger partial charge in [-0.05, 0) is 18.6 Å². The van der Waals surface area contributed by atoms with E-state index in [0.717, 1.165) is 16.3 Å². The molecule has 1 aromatic carbocycles. The summed E-state index contributed by atoms with van der Waals surface area (Å²) in [5, 5.41) is 9.36. The van der Waals surface area contributed by atoms with Crippen molar-refractivity contribution >= 4 is 25.8 Å². The van der Waals surface area contributed by atoms with Gasteiger partial charge in [-0.3, -0.25) is 0 Å². The van der Waals surface area contributed by atoms with Crippen LogP contribution in [0.4, 0.5) is 0 Å². The van der Waals surface area contributed by atoms with Crippen molar-refractivity contribution in [3.8, 4) is 0 Å². The smallest absolute Gasteiger partial charge is 0.152 e. The molecule has 6 heteroatoms. The maximum Gasteiger partial charge on any atom is 0.152 e. The van der Waals surface area contributed by atoms with E-state index in [0.29, 0.717) is 0 Å². The molecule has 0 amide bonds. The van der Waals surface area contributed by atoms with Gasteiger partial charge in [0, 0.05) is 23.2 Å². The summed E-state index contributed by atoms with van der Waals surface area (Å²) in [7, 11) is -3.30. The number of aliphatic hydroxyl groups is 1. The van der Waals surface area contributed by atoms with Crippen molar-refractivity contribution in [3.63, 3.8) is 0 Å². The van der Waals surface area contributed by atoms with Gasteiger partial charge in [0.05, 0.1) is 11.4 Å². The Bertz CT molecular complexity index is 504. The quantitative estimate of drug-likeness (QED) is 0.849. The molecule has 3 N–H and O–H groups in total. The molecule has 1 rings (SSSR count). The summed E-state index contributed by atoms with van der Waals surface area (Å²) < 4.78 is 23.8. The SMILES string of the molecule is CC(C(O)C(CN)c1ccccc1Br)S(C)(=O)=O. The number of hydrogen-bond acceptors (Lipinski definition) is 4. The minimum absolute atomic E-state index is 0.184. The monoisotopic (exact) mass is 335 g/mol. The molecular weight excluding hydrogens is 318 g/mol. The first-order chi connectivity index (χ1) is 8.29. The Kier molecular flexibility index (Phi) is 5.33. The second-order valence-electron chi connectivity index (χ2n) is 4.39. The first-order valence-electron chi connectivity index (χ1n) is 5.60. The van der Waals surface area contributed by atoms with Crippen molar-refractivity contribution in [2.75, 3.05) is 12.8 Å². The molecule has 0 aliphatic heterocycles. The Morgan fingerprint density at radius 1 is 1.39 bits per heavy atom. The van der Waals surface area contributed by atoms with E-state index in [1.54, 1.807) is 0 Å². The van der Waals surface area contributed by atoms with Crippen molar-refractivity contribution in [1.82, 2.24) is 0 Å². The van der Waals surface area contributed by atoms with Crippen LogP contribution in [-0.4, -0.2) is 37.7 Å². The lowest BCUT2D eigenvalue weighted by atomic mass is 9.92. The summed E-state index contributed by atoms with van der Waals surface area (Å²) in [6, 6.07) is 7.36. The molecule has 0 spiro atoms. The van der Waals surface area contributed by atoms with Gasteiger partial charge in [-0.15, -0.1) is 0 Å². The maximum absolute atomic E-state index is 11.5. The average Bonchev–Trinajstić information content (AvgIpc) is 2.30. The lowest BCUT2D eigenvalue weighted by Gasteiger charge is -2.26. The number of rotatable bonds is 5. The van der Waals surface area contributed by atoms with Gasteiger partial charge in [0.2, 0.25) is 0 Å². The minimum Gasteiger partial charge on any atom is -0.391 e. The van der Waals surface area contributed by atoms with E-state index < -0.39 is 27.1 Å². The Balaban J connectivity index is 3.08. The zero-order valence-corrected chi connectivity index (χ0v) is 12.8. The average molecular weight is 336 g/mol. The van der Waals surface area contributed by atoms with Gasteiger partial charge in [0.25, 0.3) is 0 Å². The number of nitrogens with two attached hydrogens (primary N) is 1. The molecule has 3 unspecified atom stereocenters. The fourth-order valence-corrected chi connectivity index (χ4v) is 3.08.